The van der Waals surface area contributed by atoms with Gasteiger partial charge in [0.15, 0.2) is 0 Å². The van der Waals surface area contributed by atoms with Gasteiger partial charge in [-0.1, -0.05) is 333 Å². The molecule has 6 nitrogen and oxygen atoms in total. The van der Waals surface area contributed by atoms with Crippen LogP contribution in [0.5, 0.6) is 0 Å². The summed E-state index contributed by atoms with van der Waals surface area (Å²) in [5.41, 5.74) is 0. The maximum Gasteiger partial charge on any atom is 0.305 e. The van der Waals surface area contributed by atoms with E-state index in [1.54, 1.807) is 0 Å². The normalized spacial score (nSPS) is 12.7. The van der Waals surface area contributed by atoms with E-state index in [1.165, 1.54) is 308 Å². The summed E-state index contributed by atoms with van der Waals surface area (Å²) >= 11 is 0. The van der Waals surface area contributed by atoms with Gasteiger partial charge >= 0.3 is 5.97 Å². The molecule has 0 saturated carbocycles. The lowest BCUT2D eigenvalue weighted by Crippen LogP contribution is -2.45. The van der Waals surface area contributed by atoms with Crippen LogP contribution in [0, 0.1) is 0 Å². The van der Waals surface area contributed by atoms with Crippen molar-refractivity contribution < 1.29 is 24.5 Å². The summed E-state index contributed by atoms with van der Waals surface area (Å²) in [6.07, 6.45) is 87.6. The van der Waals surface area contributed by atoms with Gasteiger partial charge in [-0.2, -0.15) is 0 Å². The van der Waals surface area contributed by atoms with Crippen molar-refractivity contribution >= 4 is 11.9 Å². The van der Waals surface area contributed by atoms with Crippen molar-refractivity contribution in [2.75, 3.05) is 13.2 Å². The van der Waals surface area contributed by atoms with E-state index in [9.17, 15) is 19.8 Å². The lowest BCUT2D eigenvalue weighted by atomic mass is 10.0. The van der Waals surface area contributed by atoms with Gasteiger partial charge in [0, 0.05) is 12.8 Å². The van der Waals surface area contributed by atoms with Crippen LogP contribution in [0.1, 0.15) is 393 Å². The first-order chi connectivity index (χ1) is 39.0. The molecule has 2 unspecified atom stereocenters. The summed E-state index contributed by atoms with van der Waals surface area (Å²) in [5, 5.41) is 23.4. The van der Waals surface area contributed by atoms with Crippen molar-refractivity contribution in [3.05, 3.63) is 36.5 Å². The zero-order valence-electron chi connectivity index (χ0n) is 53.4. The van der Waals surface area contributed by atoms with E-state index in [0.29, 0.717) is 25.9 Å². The Morgan fingerprint density at radius 2 is 0.633 bits per heavy atom. The number of carbonyl (C=O) groups is 2. The van der Waals surface area contributed by atoms with E-state index in [0.717, 1.165) is 51.4 Å². The zero-order valence-corrected chi connectivity index (χ0v) is 53.4. The largest absolute Gasteiger partial charge is 0.466 e. The van der Waals surface area contributed by atoms with Crippen molar-refractivity contribution in [1.82, 2.24) is 5.32 Å². The van der Waals surface area contributed by atoms with Gasteiger partial charge in [-0.25, -0.2) is 0 Å². The molecule has 466 valence electrons. The molecule has 6 heteroatoms. The number of hydrogen-bond acceptors (Lipinski definition) is 5. The van der Waals surface area contributed by atoms with Crippen LogP contribution in [-0.4, -0.2) is 47.4 Å². The molecule has 0 aromatic carbocycles. The number of aliphatic hydroxyl groups is 2. The molecule has 0 spiro atoms. The number of rotatable bonds is 67. The minimum absolute atomic E-state index is 0.00942. The number of esters is 1. The summed E-state index contributed by atoms with van der Waals surface area (Å²) in [6, 6.07) is -0.546. The van der Waals surface area contributed by atoms with Gasteiger partial charge in [0.25, 0.3) is 0 Å². The Balaban J connectivity index is 3.39. The molecule has 3 N–H and O–H groups in total. The smallest absolute Gasteiger partial charge is 0.305 e. The van der Waals surface area contributed by atoms with Crippen molar-refractivity contribution in [2.24, 2.45) is 0 Å². The minimum Gasteiger partial charge on any atom is -0.466 e. The summed E-state index contributed by atoms with van der Waals surface area (Å²) in [7, 11) is 0. The first-order valence-electron chi connectivity index (χ1n) is 35.7. The average molecular weight is 1110 g/mol. The van der Waals surface area contributed by atoms with E-state index in [-0.39, 0.29) is 18.5 Å². The Morgan fingerprint density at radius 3 is 1.00 bits per heavy atom. The van der Waals surface area contributed by atoms with Crippen LogP contribution in [0.2, 0.25) is 0 Å². The fourth-order valence-corrected chi connectivity index (χ4v) is 11.2. The first kappa shape index (κ1) is 77.1. The highest BCUT2D eigenvalue weighted by Gasteiger charge is 2.20. The Labute approximate surface area is 494 Å². The lowest BCUT2D eigenvalue weighted by molar-refractivity contribution is -0.143. The van der Waals surface area contributed by atoms with Gasteiger partial charge in [-0.15, -0.1) is 0 Å². The van der Waals surface area contributed by atoms with E-state index >= 15 is 0 Å². The molecule has 0 aromatic heterocycles. The lowest BCUT2D eigenvalue weighted by Gasteiger charge is -2.22. The highest BCUT2D eigenvalue weighted by atomic mass is 16.5. The van der Waals surface area contributed by atoms with Gasteiger partial charge in [0.2, 0.25) is 5.91 Å². The molecular formula is C73H139NO5. The van der Waals surface area contributed by atoms with E-state index in [4.69, 9.17) is 4.74 Å². The SMILES string of the molecule is CCCCC/C=C\C/C=C\CCCCCCCCCCCC(=O)OCCCCCCCCCCCCCC/C=C\CCCCCCCCCCC(=O)NC(CO)C(O)CCCCCCCCCCCCCCCCCCCCC. The van der Waals surface area contributed by atoms with Gasteiger partial charge in [0.05, 0.1) is 25.4 Å². The molecule has 0 bridgehead atoms. The molecule has 0 radical (unpaired) electrons. The number of hydrogen-bond donors (Lipinski definition) is 3. The Bertz CT molecular complexity index is 1280. The van der Waals surface area contributed by atoms with Crippen LogP contribution in [0.15, 0.2) is 36.5 Å². The van der Waals surface area contributed by atoms with Gasteiger partial charge in [0.1, 0.15) is 0 Å². The molecule has 0 aliphatic carbocycles. The predicted octanol–water partition coefficient (Wildman–Crippen LogP) is 23.1. The second kappa shape index (κ2) is 68.6. The number of carbonyl (C=O) groups excluding carboxylic acids is 2. The van der Waals surface area contributed by atoms with Gasteiger partial charge in [-0.05, 0) is 83.5 Å². The van der Waals surface area contributed by atoms with Crippen molar-refractivity contribution in [3.8, 4) is 0 Å². The van der Waals surface area contributed by atoms with Crippen LogP contribution in [0.3, 0.4) is 0 Å². The second-order valence-corrected chi connectivity index (χ2v) is 24.6. The average Bonchev–Trinajstić information content (AvgIpc) is 3.45. The van der Waals surface area contributed by atoms with E-state index < -0.39 is 12.1 Å². The quantitative estimate of drug-likeness (QED) is 0.0320. The number of unbranched alkanes of at least 4 members (excludes halogenated alkanes) is 50. The van der Waals surface area contributed by atoms with Crippen LogP contribution in [0.4, 0.5) is 0 Å². The molecule has 0 heterocycles. The van der Waals surface area contributed by atoms with E-state index in [2.05, 4.69) is 55.6 Å². The maximum absolute atomic E-state index is 12.5. The summed E-state index contributed by atoms with van der Waals surface area (Å²) in [5.74, 6) is -0.0266. The molecule has 0 aromatic rings. The fraction of sp³-hybridized carbons (Fsp3) is 0.890. The first-order valence-corrected chi connectivity index (χ1v) is 35.7. The minimum atomic E-state index is -0.668. The summed E-state index contributed by atoms with van der Waals surface area (Å²) < 4.78 is 5.51. The molecule has 1 amide bonds. The fourth-order valence-electron chi connectivity index (χ4n) is 11.2. The topological polar surface area (TPSA) is 95.9 Å². The third-order valence-electron chi connectivity index (χ3n) is 16.7. The second-order valence-electron chi connectivity index (χ2n) is 24.6. The molecule has 0 rings (SSSR count). The third-order valence-corrected chi connectivity index (χ3v) is 16.7. The molecule has 0 aliphatic heterocycles. The highest BCUT2D eigenvalue weighted by Crippen LogP contribution is 2.19. The predicted molar refractivity (Wildman–Crippen MR) is 347 cm³/mol. The molecule has 0 aliphatic rings. The van der Waals surface area contributed by atoms with Crippen LogP contribution >= 0.6 is 0 Å². The van der Waals surface area contributed by atoms with Crippen molar-refractivity contribution in [2.45, 2.75) is 405 Å². The van der Waals surface area contributed by atoms with Crippen LogP contribution < -0.4 is 5.32 Å². The standard InChI is InChI=1S/C73H139NO5/c1-3-5-7-9-11-13-15-17-19-21-29-33-37-41-45-49-53-57-61-65-71(76)70(69-75)74-72(77)66-62-58-54-50-46-42-38-34-31-27-25-23-24-26-28-32-36-40-44-48-52-56-60-64-68-79-73(78)67-63-59-55-51-47-43-39-35-30-22-20-18-16-14-12-10-8-6-4-2/h12,14,18,20,25,27,70-71,75-76H,3-11,13,15-17,19,21-24,26,28-69H2,1-2H3,(H,74,77)/b14-12-,20-18-,27-25-. The Hall–Kier alpha value is -1.92. The zero-order chi connectivity index (χ0) is 57.1. The third kappa shape index (κ3) is 65.1. The maximum atomic E-state index is 12.5. The summed E-state index contributed by atoms with van der Waals surface area (Å²) in [4.78, 5) is 24.6. The Kier molecular flexibility index (Phi) is 66.9. The highest BCUT2D eigenvalue weighted by molar-refractivity contribution is 5.76. The molecule has 79 heavy (non-hydrogen) atoms. The Morgan fingerprint density at radius 1 is 0.354 bits per heavy atom. The monoisotopic (exact) mass is 1110 g/mol. The molecular weight excluding hydrogens is 971 g/mol. The van der Waals surface area contributed by atoms with Crippen LogP contribution in [0.25, 0.3) is 0 Å². The number of aliphatic hydroxyl groups excluding tert-OH is 2. The molecule has 0 saturated heterocycles. The number of ether oxygens (including phenoxy) is 1. The van der Waals surface area contributed by atoms with Crippen LogP contribution in [-0.2, 0) is 14.3 Å². The van der Waals surface area contributed by atoms with Gasteiger partial charge < -0.3 is 20.3 Å². The molecule has 0 fully saturated rings. The number of allylic oxidation sites excluding steroid dienone is 6. The van der Waals surface area contributed by atoms with Gasteiger partial charge in [-0.3, -0.25) is 9.59 Å². The number of amides is 1. The van der Waals surface area contributed by atoms with E-state index in [1.807, 2.05) is 0 Å². The van der Waals surface area contributed by atoms with Crippen molar-refractivity contribution in [1.29, 1.82) is 0 Å². The van der Waals surface area contributed by atoms with Crippen molar-refractivity contribution in [3.63, 3.8) is 0 Å². The summed E-state index contributed by atoms with van der Waals surface area (Å²) in [6.45, 7) is 4.96. The molecule has 2 atom stereocenters. The number of nitrogens with one attached hydrogen (secondary N) is 1.